The van der Waals surface area contributed by atoms with Crippen LogP contribution < -0.4 is 16.2 Å². The summed E-state index contributed by atoms with van der Waals surface area (Å²) in [7, 11) is 2.19. The predicted octanol–water partition coefficient (Wildman–Crippen LogP) is 4.62. The number of aromatic nitrogens is 1. The average Bonchev–Trinajstić information content (AvgIpc) is 3.25. The van der Waals surface area contributed by atoms with E-state index in [0.29, 0.717) is 24.2 Å². The van der Waals surface area contributed by atoms with Crippen LogP contribution in [0.15, 0.2) is 59.9 Å². The van der Waals surface area contributed by atoms with Gasteiger partial charge in [-0.2, -0.15) is 0 Å². The molecule has 0 aliphatic carbocycles. The lowest BCUT2D eigenvalue weighted by Gasteiger charge is -2.33. The van der Waals surface area contributed by atoms with E-state index in [1.165, 1.54) is 18.1 Å². The number of rotatable bonds is 9. The number of hydrogen-bond donors (Lipinski definition) is 3. The summed E-state index contributed by atoms with van der Waals surface area (Å²) >= 11 is 0. The van der Waals surface area contributed by atoms with E-state index < -0.39 is 0 Å². The summed E-state index contributed by atoms with van der Waals surface area (Å²) in [5.41, 5.74) is 7.59. The first kappa shape index (κ1) is 33.2. The molecule has 3 heterocycles. The van der Waals surface area contributed by atoms with E-state index in [-0.39, 0.29) is 30.0 Å². The third-order valence-electron chi connectivity index (χ3n) is 9.42. The zero-order chi connectivity index (χ0) is 32.8. The second-order valence-corrected chi connectivity index (χ2v) is 12.9. The van der Waals surface area contributed by atoms with E-state index in [9.17, 15) is 14.4 Å². The summed E-state index contributed by atoms with van der Waals surface area (Å²) < 4.78 is 0. The number of aryl methyl sites for hydroxylation is 2. The molecule has 0 radical (unpaired) electrons. The molecule has 0 atom stereocenters. The van der Waals surface area contributed by atoms with Gasteiger partial charge in [0.25, 0.3) is 11.5 Å². The first-order valence-corrected chi connectivity index (χ1v) is 16.4. The number of carbonyl (C=O) groups is 2. The van der Waals surface area contributed by atoms with E-state index in [1.807, 2.05) is 37.8 Å². The van der Waals surface area contributed by atoms with Gasteiger partial charge in [0, 0.05) is 67.8 Å². The molecule has 2 amide bonds. The number of hydrogen-bond acceptors (Lipinski definition) is 6. The molecule has 9 heteroatoms. The van der Waals surface area contributed by atoms with Gasteiger partial charge in [-0.05, 0) is 112 Å². The van der Waals surface area contributed by atoms with Crippen LogP contribution >= 0.6 is 0 Å². The Morgan fingerprint density at radius 1 is 0.957 bits per heavy atom. The van der Waals surface area contributed by atoms with Gasteiger partial charge in [0.2, 0.25) is 5.91 Å². The van der Waals surface area contributed by atoms with Crippen LogP contribution in [0.25, 0.3) is 11.1 Å². The minimum atomic E-state index is -0.226. The van der Waals surface area contributed by atoms with E-state index in [2.05, 4.69) is 69.4 Å². The Hall–Kier alpha value is -4.21. The van der Waals surface area contributed by atoms with Crippen molar-refractivity contribution >= 4 is 17.5 Å². The van der Waals surface area contributed by atoms with Gasteiger partial charge in [0.1, 0.15) is 0 Å². The number of benzene rings is 2. The maximum Gasteiger partial charge on any atom is 0.253 e. The SMILES string of the molecule is C=CC(=O)N1CCC(Nc2cc(-c3ccc(CN4CCCN(C)CC4)cc3)cc(C(=O)NCc3c(C)cc(C)[nH]c3=O)c2C)CC1. The van der Waals surface area contributed by atoms with Crippen molar-refractivity contribution in [3.63, 3.8) is 0 Å². The maximum absolute atomic E-state index is 13.7. The van der Waals surface area contributed by atoms with E-state index >= 15 is 0 Å². The second-order valence-electron chi connectivity index (χ2n) is 12.9. The average molecular weight is 625 g/mol. The molecule has 2 aliphatic heterocycles. The predicted molar refractivity (Wildman–Crippen MR) is 185 cm³/mol. The van der Waals surface area contributed by atoms with Crippen LogP contribution in [-0.2, 0) is 17.9 Å². The number of anilines is 1. The fraction of sp³-hybridized carbons (Fsp3) is 0.432. The minimum absolute atomic E-state index is 0.0372. The smallest absolute Gasteiger partial charge is 0.253 e. The minimum Gasteiger partial charge on any atom is -0.382 e. The fourth-order valence-electron chi connectivity index (χ4n) is 6.54. The molecule has 0 bridgehead atoms. The molecule has 3 N–H and O–H groups in total. The summed E-state index contributed by atoms with van der Waals surface area (Å²) in [5, 5.41) is 6.70. The molecule has 3 aromatic rings. The lowest BCUT2D eigenvalue weighted by Crippen LogP contribution is -2.41. The molecular weight excluding hydrogens is 576 g/mol. The topological polar surface area (TPSA) is 101 Å². The Morgan fingerprint density at radius 2 is 1.70 bits per heavy atom. The van der Waals surface area contributed by atoms with E-state index in [4.69, 9.17) is 0 Å². The highest BCUT2D eigenvalue weighted by Crippen LogP contribution is 2.31. The van der Waals surface area contributed by atoms with Gasteiger partial charge in [-0.3, -0.25) is 19.3 Å². The van der Waals surface area contributed by atoms with Crippen molar-refractivity contribution in [2.75, 3.05) is 51.6 Å². The van der Waals surface area contributed by atoms with Crippen molar-refractivity contribution in [3.05, 3.63) is 99.0 Å². The monoisotopic (exact) mass is 624 g/mol. The molecule has 5 rings (SSSR count). The molecule has 9 nitrogen and oxygen atoms in total. The van der Waals surface area contributed by atoms with Crippen molar-refractivity contribution in [3.8, 4) is 11.1 Å². The molecule has 0 unspecified atom stereocenters. The first-order chi connectivity index (χ1) is 22.1. The van der Waals surface area contributed by atoms with E-state index in [0.717, 1.165) is 79.2 Å². The number of likely N-dealkylation sites (tertiary alicyclic amines) is 1. The van der Waals surface area contributed by atoms with E-state index in [1.54, 1.807) is 0 Å². The summed E-state index contributed by atoms with van der Waals surface area (Å²) in [6.07, 6.45) is 4.17. The number of carbonyl (C=O) groups excluding carboxylic acids is 2. The van der Waals surface area contributed by atoms with Crippen LogP contribution in [0.1, 0.15) is 57.6 Å². The number of nitrogens with one attached hydrogen (secondary N) is 3. The molecule has 1 aromatic heterocycles. The lowest BCUT2D eigenvalue weighted by molar-refractivity contribution is -0.126. The molecule has 2 fully saturated rings. The zero-order valence-corrected chi connectivity index (χ0v) is 27.7. The largest absolute Gasteiger partial charge is 0.382 e. The molecule has 0 saturated carbocycles. The van der Waals surface area contributed by atoms with Gasteiger partial charge >= 0.3 is 0 Å². The van der Waals surface area contributed by atoms with Crippen molar-refractivity contribution in [1.82, 2.24) is 25.0 Å². The van der Waals surface area contributed by atoms with Gasteiger partial charge < -0.3 is 25.4 Å². The van der Waals surface area contributed by atoms with Gasteiger partial charge in [0.15, 0.2) is 0 Å². The Bertz CT molecular complexity index is 1620. The normalized spacial score (nSPS) is 16.6. The number of aromatic amines is 1. The number of likely N-dealkylation sites (N-methyl/N-ethyl adjacent to an activating group) is 1. The second kappa shape index (κ2) is 14.9. The summed E-state index contributed by atoms with van der Waals surface area (Å²) in [5.74, 6) is -0.263. The van der Waals surface area contributed by atoms with Crippen molar-refractivity contribution < 1.29 is 9.59 Å². The van der Waals surface area contributed by atoms with Gasteiger partial charge in [0.05, 0.1) is 0 Å². The third kappa shape index (κ3) is 8.13. The fourth-order valence-corrected chi connectivity index (χ4v) is 6.54. The third-order valence-corrected chi connectivity index (χ3v) is 9.42. The van der Waals surface area contributed by atoms with Crippen LogP contribution in [0.3, 0.4) is 0 Å². The van der Waals surface area contributed by atoms with Crippen LogP contribution in [0.4, 0.5) is 5.69 Å². The Labute approximate surface area is 272 Å². The van der Waals surface area contributed by atoms with Gasteiger partial charge in [-0.15, -0.1) is 0 Å². The highest BCUT2D eigenvalue weighted by atomic mass is 16.2. The molecule has 46 heavy (non-hydrogen) atoms. The number of pyridine rings is 1. The summed E-state index contributed by atoms with van der Waals surface area (Å²) in [6, 6.07) is 14.8. The molecule has 2 aliphatic rings. The van der Waals surface area contributed by atoms with Crippen LogP contribution in [-0.4, -0.2) is 83.9 Å². The molecular formula is C37H48N6O3. The number of H-pyrrole nitrogens is 1. The van der Waals surface area contributed by atoms with Crippen molar-refractivity contribution in [1.29, 1.82) is 0 Å². The van der Waals surface area contributed by atoms with Gasteiger partial charge in [-0.25, -0.2) is 0 Å². The first-order valence-electron chi connectivity index (χ1n) is 16.4. The molecule has 2 saturated heterocycles. The zero-order valence-electron chi connectivity index (χ0n) is 27.7. The van der Waals surface area contributed by atoms with Crippen LogP contribution in [0, 0.1) is 20.8 Å². The number of nitrogens with zero attached hydrogens (tertiary/aromatic N) is 3. The maximum atomic E-state index is 13.7. The number of amides is 2. The quantitative estimate of drug-likeness (QED) is 0.301. The Kier molecular flexibility index (Phi) is 10.8. The highest BCUT2D eigenvalue weighted by molar-refractivity contribution is 5.98. The number of piperidine rings is 1. The lowest BCUT2D eigenvalue weighted by atomic mass is 9.95. The Morgan fingerprint density at radius 3 is 2.39 bits per heavy atom. The standard InChI is InChI=1S/C37H48N6O3/c1-6-35(44)43-16-12-31(13-17-43)40-34-22-30(29-10-8-28(9-11-29)24-42-15-7-14-41(5)18-19-42)21-32(27(34)4)36(45)38-23-33-25(2)20-26(3)39-37(33)46/h6,8-11,20-22,31,40H,1,7,12-19,23-24H2,2-5H3,(H,38,45)(H,39,46). The highest BCUT2D eigenvalue weighted by Gasteiger charge is 2.23. The van der Waals surface area contributed by atoms with Crippen molar-refractivity contribution in [2.45, 2.75) is 59.2 Å². The van der Waals surface area contributed by atoms with Crippen LogP contribution in [0.2, 0.25) is 0 Å². The Balaban J connectivity index is 1.39. The molecule has 2 aromatic carbocycles. The molecule has 244 valence electrons. The summed E-state index contributed by atoms with van der Waals surface area (Å²) in [6.45, 7) is 16.1. The van der Waals surface area contributed by atoms with Crippen LogP contribution in [0.5, 0.6) is 0 Å². The van der Waals surface area contributed by atoms with Crippen molar-refractivity contribution in [2.24, 2.45) is 0 Å². The summed E-state index contributed by atoms with van der Waals surface area (Å²) in [4.78, 5) is 48.0. The van der Waals surface area contributed by atoms with Gasteiger partial charge in [-0.1, -0.05) is 30.8 Å². The molecule has 0 spiro atoms.